The Balaban J connectivity index is 2.49. The van der Waals surface area contributed by atoms with Crippen LogP contribution in [0.1, 0.15) is 23.7 Å². The Hall–Kier alpha value is -1.81. The zero-order chi connectivity index (χ0) is 13.8. The molecule has 1 N–H and O–H groups in total. The minimum atomic E-state index is -0.497. The molecule has 0 fully saturated rings. The summed E-state index contributed by atoms with van der Waals surface area (Å²) < 4.78 is 0. The van der Waals surface area contributed by atoms with E-state index >= 15 is 0 Å². The van der Waals surface area contributed by atoms with Gasteiger partial charge in [-0.3, -0.25) is 9.59 Å². The van der Waals surface area contributed by atoms with Crippen LogP contribution in [0.3, 0.4) is 0 Å². The van der Waals surface area contributed by atoms with Crippen LogP contribution in [-0.2, 0) is 4.79 Å². The molecule has 0 spiro atoms. The van der Waals surface area contributed by atoms with Crippen molar-refractivity contribution >= 4 is 29.1 Å². The first-order valence-corrected chi connectivity index (χ1v) is 6.59. The van der Waals surface area contributed by atoms with Crippen LogP contribution in [-0.4, -0.2) is 24.4 Å². The van der Waals surface area contributed by atoms with E-state index in [1.165, 1.54) is 5.54 Å². The fraction of sp³-hybridized carbons (Fsp3) is 0.286. The second-order valence-electron chi connectivity index (χ2n) is 4.26. The molecular weight excluding hydrogens is 264 g/mol. The number of hydrogen-bond acceptors (Lipinski definition) is 2. The number of fused-ring (bicyclic) bond motifs is 1. The highest BCUT2D eigenvalue weighted by Crippen LogP contribution is 2.24. The van der Waals surface area contributed by atoms with Gasteiger partial charge in [0, 0.05) is 12.1 Å². The van der Waals surface area contributed by atoms with E-state index in [0.717, 1.165) is 0 Å². The largest absolute Gasteiger partial charge is 0.340 e. The lowest BCUT2D eigenvalue weighted by molar-refractivity contribution is -0.120. The Morgan fingerprint density at radius 1 is 1.37 bits per heavy atom. The first kappa shape index (κ1) is 13.6. The van der Waals surface area contributed by atoms with E-state index in [0.29, 0.717) is 24.2 Å². The van der Waals surface area contributed by atoms with Crippen molar-refractivity contribution in [3.63, 3.8) is 0 Å². The molecule has 5 heteroatoms. The second-order valence-corrected chi connectivity index (χ2v) is 4.51. The third-order valence-corrected chi connectivity index (χ3v) is 3.27. The molecule has 0 saturated carbocycles. The molecule has 1 heterocycles. The van der Waals surface area contributed by atoms with Crippen LogP contribution < -0.4 is 10.2 Å². The lowest BCUT2D eigenvalue weighted by atomic mass is 10.1. The molecule has 0 saturated heterocycles. The molecule has 1 aliphatic rings. The molecule has 1 aromatic rings. The Morgan fingerprint density at radius 2 is 2.11 bits per heavy atom. The SMILES string of the molecule is CCC1NC(=O)c2ccccc2N(C/C=C/Cl)C1=O. The van der Waals surface area contributed by atoms with Gasteiger partial charge in [-0.1, -0.05) is 36.7 Å². The quantitative estimate of drug-likeness (QED) is 0.922. The summed E-state index contributed by atoms with van der Waals surface area (Å²) in [6.07, 6.45) is 2.23. The summed E-state index contributed by atoms with van der Waals surface area (Å²) in [5.74, 6) is -0.330. The van der Waals surface area contributed by atoms with E-state index in [-0.39, 0.29) is 11.8 Å². The molecule has 1 unspecified atom stereocenters. The maximum atomic E-state index is 12.4. The number of rotatable bonds is 3. The number of carbonyl (C=O) groups is 2. The highest BCUT2D eigenvalue weighted by atomic mass is 35.5. The molecule has 19 heavy (non-hydrogen) atoms. The van der Waals surface area contributed by atoms with Crippen molar-refractivity contribution in [3.8, 4) is 0 Å². The molecule has 1 atom stereocenters. The van der Waals surface area contributed by atoms with Crippen molar-refractivity contribution in [2.75, 3.05) is 11.4 Å². The lowest BCUT2D eigenvalue weighted by Gasteiger charge is -2.23. The molecule has 1 aliphatic heterocycles. The summed E-state index contributed by atoms with van der Waals surface area (Å²) in [5, 5.41) is 2.75. The number of nitrogens with zero attached hydrogens (tertiary/aromatic N) is 1. The summed E-state index contributed by atoms with van der Waals surface area (Å²) in [7, 11) is 0. The van der Waals surface area contributed by atoms with Crippen molar-refractivity contribution in [2.24, 2.45) is 0 Å². The maximum Gasteiger partial charge on any atom is 0.254 e. The van der Waals surface area contributed by atoms with Crippen molar-refractivity contribution in [1.29, 1.82) is 0 Å². The fourth-order valence-electron chi connectivity index (χ4n) is 2.12. The number of nitrogens with one attached hydrogen (secondary N) is 1. The van der Waals surface area contributed by atoms with Gasteiger partial charge in [-0.25, -0.2) is 0 Å². The van der Waals surface area contributed by atoms with Gasteiger partial charge in [0.15, 0.2) is 0 Å². The van der Waals surface area contributed by atoms with Gasteiger partial charge >= 0.3 is 0 Å². The summed E-state index contributed by atoms with van der Waals surface area (Å²) in [6, 6.07) is 6.58. The smallest absolute Gasteiger partial charge is 0.254 e. The minimum absolute atomic E-state index is 0.115. The lowest BCUT2D eigenvalue weighted by Crippen LogP contribution is -2.45. The van der Waals surface area contributed by atoms with Crippen molar-refractivity contribution in [2.45, 2.75) is 19.4 Å². The molecule has 100 valence electrons. The van der Waals surface area contributed by atoms with E-state index in [1.807, 2.05) is 13.0 Å². The highest BCUT2D eigenvalue weighted by Gasteiger charge is 2.31. The van der Waals surface area contributed by atoms with E-state index < -0.39 is 6.04 Å². The first-order valence-electron chi connectivity index (χ1n) is 6.15. The highest BCUT2D eigenvalue weighted by molar-refractivity contribution is 6.25. The third-order valence-electron chi connectivity index (χ3n) is 3.09. The van der Waals surface area contributed by atoms with Crippen LogP contribution in [0.5, 0.6) is 0 Å². The predicted octanol–water partition coefficient (Wildman–Crippen LogP) is 2.29. The van der Waals surface area contributed by atoms with E-state index in [1.54, 1.807) is 29.2 Å². The van der Waals surface area contributed by atoms with Crippen molar-refractivity contribution in [3.05, 3.63) is 41.4 Å². The van der Waals surface area contributed by atoms with Crippen LogP contribution in [0.4, 0.5) is 5.69 Å². The average molecular weight is 279 g/mol. The average Bonchev–Trinajstić information content (AvgIpc) is 2.54. The van der Waals surface area contributed by atoms with Gasteiger partial charge in [0.2, 0.25) is 5.91 Å². The zero-order valence-electron chi connectivity index (χ0n) is 10.6. The number of halogens is 1. The molecular formula is C14H15ClN2O2. The summed E-state index contributed by atoms with van der Waals surface area (Å²) in [6.45, 7) is 2.22. The molecule has 0 aromatic heterocycles. The fourth-order valence-corrected chi connectivity index (χ4v) is 2.20. The standard InChI is InChI=1S/C14H15ClN2O2/c1-2-11-14(19)17(9-5-8-15)12-7-4-3-6-10(12)13(18)16-11/h3-8,11H,2,9H2,1H3,(H,16,18)/b8-5+. The number of hydrogen-bond donors (Lipinski definition) is 1. The number of amides is 2. The van der Waals surface area contributed by atoms with Gasteiger partial charge in [0.1, 0.15) is 6.04 Å². The van der Waals surface area contributed by atoms with Crippen LogP contribution in [0.15, 0.2) is 35.9 Å². The van der Waals surface area contributed by atoms with Crippen LogP contribution in [0.25, 0.3) is 0 Å². The normalized spacial score (nSPS) is 19.3. The zero-order valence-corrected chi connectivity index (χ0v) is 11.4. The Kier molecular flexibility index (Phi) is 4.22. The van der Waals surface area contributed by atoms with Crippen molar-refractivity contribution in [1.82, 2.24) is 5.32 Å². The predicted molar refractivity (Wildman–Crippen MR) is 75.3 cm³/mol. The molecule has 2 amide bonds. The molecule has 1 aromatic carbocycles. The topological polar surface area (TPSA) is 49.4 Å². The molecule has 0 bridgehead atoms. The number of para-hydroxylation sites is 1. The monoisotopic (exact) mass is 278 g/mol. The van der Waals surface area contributed by atoms with Gasteiger partial charge in [0.05, 0.1) is 11.3 Å². The van der Waals surface area contributed by atoms with E-state index in [4.69, 9.17) is 11.6 Å². The van der Waals surface area contributed by atoms with Gasteiger partial charge in [-0.2, -0.15) is 0 Å². The minimum Gasteiger partial charge on any atom is -0.340 e. The number of carbonyl (C=O) groups excluding carboxylic acids is 2. The second kappa shape index (κ2) is 5.89. The van der Waals surface area contributed by atoms with Crippen LogP contribution >= 0.6 is 11.6 Å². The van der Waals surface area contributed by atoms with Crippen LogP contribution in [0.2, 0.25) is 0 Å². The van der Waals surface area contributed by atoms with E-state index in [9.17, 15) is 9.59 Å². The third kappa shape index (κ3) is 2.63. The number of benzene rings is 1. The summed E-state index contributed by atoms with van der Waals surface area (Å²) in [4.78, 5) is 26.1. The number of anilines is 1. The maximum absolute atomic E-state index is 12.4. The van der Waals surface area contributed by atoms with Gasteiger partial charge in [-0.05, 0) is 18.6 Å². The Labute approximate surface area is 117 Å². The van der Waals surface area contributed by atoms with Gasteiger partial charge in [0.25, 0.3) is 5.91 Å². The molecule has 0 radical (unpaired) electrons. The van der Waals surface area contributed by atoms with Gasteiger partial charge in [-0.15, -0.1) is 0 Å². The van der Waals surface area contributed by atoms with Crippen molar-refractivity contribution < 1.29 is 9.59 Å². The molecule has 0 aliphatic carbocycles. The summed E-state index contributed by atoms with van der Waals surface area (Å²) in [5.41, 5.74) is 2.50. The Morgan fingerprint density at radius 3 is 2.79 bits per heavy atom. The first-order chi connectivity index (χ1) is 9.19. The molecule has 2 rings (SSSR count). The molecule has 4 nitrogen and oxygen atoms in total. The van der Waals surface area contributed by atoms with Gasteiger partial charge < -0.3 is 10.2 Å². The van der Waals surface area contributed by atoms with Crippen LogP contribution in [0, 0.1) is 0 Å². The van der Waals surface area contributed by atoms with E-state index in [2.05, 4.69) is 5.32 Å². The summed E-state index contributed by atoms with van der Waals surface area (Å²) >= 11 is 5.53. The Bertz CT molecular complexity index is 528.